The second-order valence-corrected chi connectivity index (χ2v) is 9.36. The Balaban J connectivity index is 1.48. The monoisotopic (exact) mass is 362 g/mol. The van der Waals surface area contributed by atoms with Crippen LogP contribution in [-0.2, 0) is 21.9 Å². The zero-order chi connectivity index (χ0) is 17.5. The molecule has 0 spiro atoms. The van der Waals surface area contributed by atoms with Gasteiger partial charge in [0.25, 0.3) is 5.89 Å². The third-order valence-corrected chi connectivity index (χ3v) is 6.74. The minimum absolute atomic E-state index is 0.234. The summed E-state index contributed by atoms with van der Waals surface area (Å²) in [5.41, 5.74) is 7.78. The summed E-state index contributed by atoms with van der Waals surface area (Å²) in [4.78, 5) is 6.64. The number of hydrogen-bond donors (Lipinski definition) is 1. The van der Waals surface area contributed by atoms with Gasteiger partial charge < -0.3 is 10.3 Å². The molecule has 2 aromatic rings. The van der Waals surface area contributed by atoms with Crippen molar-refractivity contribution in [3.05, 3.63) is 35.7 Å². The van der Waals surface area contributed by atoms with Crippen molar-refractivity contribution in [1.29, 1.82) is 0 Å². The minimum atomic E-state index is -2.85. The molecule has 25 heavy (non-hydrogen) atoms. The number of hydrogen-bond acceptors (Lipinski definition) is 7. The normalized spacial score (nSPS) is 22.4. The largest absolute Gasteiger partial charge is 0.334 e. The van der Waals surface area contributed by atoms with Gasteiger partial charge in [-0.1, -0.05) is 17.3 Å². The van der Waals surface area contributed by atoms with Crippen LogP contribution in [0.5, 0.6) is 0 Å². The van der Waals surface area contributed by atoms with Crippen molar-refractivity contribution in [2.75, 3.05) is 24.6 Å². The maximum atomic E-state index is 11.5. The summed E-state index contributed by atoms with van der Waals surface area (Å²) in [5, 5.41) is 4.06. The summed E-state index contributed by atoms with van der Waals surface area (Å²) >= 11 is 0. The van der Waals surface area contributed by atoms with Gasteiger partial charge in [0.1, 0.15) is 0 Å². The van der Waals surface area contributed by atoms with E-state index in [9.17, 15) is 8.42 Å². The molecule has 0 bridgehead atoms. The first kappa shape index (κ1) is 16.7. The Kier molecular flexibility index (Phi) is 4.13. The number of sulfone groups is 1. The Morgan fingerprint density at radius 2 is 2.00 bits per heavy atom. The van der Waals surface area contributed by atoms with E-state index in [0.29, 0.717) is 31.3 Å². The summed E-state index contributed by atoms with van der Waals surface area (Å²) in [6, 6.07) is 7.94. The Morgan fingerprint density at radius 3 is 2.68 bits per heavy atom. The zero-order valence-electron chi connectivity index (χ0n) is 14.0. The van der Waals surface area contributed by atoms with Crippen LogP contribution in [0, 0.1) is 0 Å². The maximum Gasteiger partial charge on any atom is 0.258 e. The molecule has 8 heteroatoms. The molecule has 1 aliphatic heterocycles. The van der Waals surface area contributed by atoms with E-state index in [4.69, 9.17) is 10.3 Å². The van der Waals surface area contributed by atoms with E-state index in [1.807, 2.05) is 24.3 Å². The molecule has 0 atom stereocenters. The van der Waals surface area contributed by atoms with Gasteiger partial charge in [-0.25, -0.2) is 8.42 Å². The van der Waals surface area contributed by atoms with Crippen LogP contribution in [0.1, 0.15) is 30.7 Å². The molecule has 2 aliphatic rings. The van der Waals surface area contributed by atoms with Crippen LogP contribution in [0.25, 0.3) is 11.5 Å². The van der Waals surface area contributed by atoms with Crippen LogP contribution in [0.15, 0.2) is 28.8 Å². The highest BCUT2D eigenvalue weighted by Crippen LogP contribution is 2.37. The van der Waals surface area contributed by atoms with Gasteiger partial charge in [-0.2, -0.15) is 4.98 Å². The first-order valence-electron chi connectivity index (χ1n) is 8.59. The van der Waals surface area contributed by atoms with Crippen molar-refractivity contribution in [3.8, 4) is 11.5 Å². The molecule has 0 radical (unpaired) electrons. The molecule has 2 N–H and O–H groups in total. The van der Waals surface area contributed by atoms with E-state index in [1.165, 1.54) is 0 Å². The molecule has 0 unspecified atom stereocenters. The highest BCUT2D eigenvalue weighted by atomic mass is 32.2. The van der Waals surface area contributed by atoms with Gasteiger partial charge in [-0.05, 0) is 37.0 Å². The van der Waals surface area contributed by atoms with E-state index in [1.54, 1.807) is 0 Å². The summed E-state index contributed by atoms with van der Waals surface area (Å²) in [7, 11) is -2.85. The third kappa shape index (κ3) is 3.47. The molecule has 0 amide bonds. The first-order chi connectivity index (χ1) is 11.9. The summed E-state index contributed by atoms with van der Waals surface area (Å²) in [6.45, 7) is 1.87. The second kappa shape index (κ2) is 6.19. The van der Waals surface area contributed by atoms with Crippen LogP contribution >= 0.6 is 0 Å². The zero-order valence-corrected chi connectivity index (χ0v) is 14.8. The van der Waals surface area contributed by atoms with Crippen LogP contribution in [0.3, 0.4) is 0 Å². The van der Waals surface area contributed by atoms with Crippen molar-refractivity contribution in [1.82, 2.24) is 15.0 Å². The van der Waals surface area contributed by atoms with Crippen molar-refractivity contribution in [2.45, 2.75) is 31.3 Å². The van der Waals surface area contributed by atoms with Gasteiger partial charge in [0.05, 0.1) is 17.0 Å². The molecule has 1 aromatic heterocycles. The summed E-state index contributed by atoms with van der Waals surface area (Å²) in [6.07, 6.45) is 2.88. The number of benzene rings is 1. The lowest BCUT2D eigenvalue weighted by Gasteiger charge is -2.34. The van der Waals surface area contributed by atoms with Crippen LogP contribution in [0.2, 0.25) is 0 Å². The lowest BCUT2D eigenvalue weighted by Crippen LogP contribution is -2.44. The smallest absolute Gasteiger partial charge is 0.258 e. The number of aromatic nitrogens is 2. The van der Waals surface area contributed by atoms with E-state index in [-0.39, 0.29) is 11.5 Å². The lowest BCUT2D eigenvalue weighted by atomic mass is 9.77. The number of nitrogens with zero attached hydrogens (tertiary/aromatic N) is 3. The van der Waals surface area contributed by atoms with Crippen molar-refractivity contribution in [3.63, 3.8) is 0 Å². The fourth-order valence-electron chi connectivity index (χ4n) is 3.29. The minimum Gasteiger partial charge on any atom is -0.334 e. The van der Waals surface area contributed by atoms with E-state index in [0.717, 1.165) is 30.4 Å². The van der Waals surface area contributed by atoms with Gasteiger partial charge in [0.2, 0.25) is 0 Å². The average Bonchev–Trinajstić information content (AvgIpc) is 3.05. The third-order valence-electron chi connectivity index (χ3n) is 5.13. The predicted octanol–water partition coefficient (Wildman–Crippen LogP) is 1.30. The van der Waals surface area contributed by atoms with Crippen LogP contribution in [0.4, 0.5) is 0 Å². The molecule has 7 nitrogen and oxygen atoms in total. The highest BCUT2D eigenvalue weighted by Gasteiger charge is 2.39. The maximum absolute atomic E-state index is 11.5. The molecule has 4 rings (SSSR count). The molecule has 1 aliphatic carbocycles. The van der Waals surface area contributed by atoms with Gasteiger partial charge in [0, 0.05) is 25.2 Å². The van der Waals surface area contributed by atoms with Crippen LogP contribution < -0.4 is 5.73 Å². The fourth-order valence-corrected chi connectivity index (χ4v) is 4.57. The first-order valence-corrected chi connectivity index (χ1v) is 10.4. The van der Waals surface area contributed by atoms with Gasteiger partial charge in [0.15, 0.2) is 15.7 Å². The Bertz CT molecular complexity index is 860. The van der Waals surface area contributed by atoms with Crippen LogP contribution in [-0.4, -0.2) is 48.1 Å². The Hall–Kier alpha value is -1.77. The molecular weight excluding hydrogens is 340 g/mol. The van der Waals surface area contributed by atoms with Crippen molar-refractivity contribution in [2.24, 2.45) is 5.73 Å². The predicted molar refractivity (Wildman–Crippen MR) is 93.4 cm³/mol. The average molecular weight is 362 g/mol. The standard InChI is InChI=1S/C17H22N4O3S/c18-17(5-2-6-17)16-19-15(24-20-16)14-4-1-3-13(11-14)12-21-7-9-25(22,23)10-8-21/h1,3-4,11H,2,5-10,12,18H2. The van der Waals surface area contributed by atoms with Gasteiger partial charge >= 0.3 is 0 Å². The van der Waals surface area contributed by atoms with E-state index < -0.39 is 15.4 Å². The number of rotatable bonds is 4. The number of nitrogens with two attached hydrogens (primary N) is 1. The molecule has 1 aromatic carbocycles. The quantitative estimate of drug-likeness (QED) is 0.874. The van der Waals surface area contributed by atoms with E-state index >= 15 is 0 Å². The second-order valence-electron chi connectivity index (χ2n) is 7.06. The molecule has 1 saturated carbocycles. The molecule has 1 saturated heterocycles. The molecule has 2 fully saturated rings. The van der Waals surface area contributed by atoms with Crippen molar-refractivity contribution >= 4 is 9.84 Å². The van der Waals surface area contributed by atoms with Gasteiger partial charge in [-0.3, -0.25) is 4.90 Å². The van der Waals surface area contributed by atoms with Crippen molar-refractivity contribution < 1.29 is 12.9 Å². The Morgan fingerprint density at radius 1 is 1.24 bits per heavy atom. The summed E-state index contributed by atoms with van der Waals surface area (Å²) < 4.78 is 28.5. The molecular formula is C17H22N4O3S. The lowest BCUT2D eigenvalue weighted by molar-refractivity contribution is 0.229. The topological polar surface area (TPSA) is 102 Å². The Labute approximate surface area is 147 Å². The molecule has 2 heterocycles. The molecule has 134 valence electrons. The fraction of sp³-hybridized carbons (Fsp3) is 0.529. The van der Waals surface area contributed by atoms with Gasteiger partial charge in [-0.15, -0.1) is 0 Å². The SMILES string of the molecule is NC1(c2noc(-c3cccc(CN4CCS(=O)(=O)CC4)c3)n2)CCC1. The van der Waals surface area contributed by atoms with E-state index in [2.05, 4.69) is 15.0 Å². The summed E-state index contributed by atoms with van der Waals surface area (Å²) in [5.74, 6) is 1.53. The highest BCUT2D eigenvalue weighted by molar-refractivity contribution is 7.91.